The maximum Gasteiger partial charge on any atom is 0.254 e. The lowest BCUT2D eigenvalue weighted by Gasteiger charge is -2.43. The minimum atomic E-state index is -1.19. The van der Waals surface area contributed by atoms with Crippen LogP contribution in [0.1, 0.15) is 39.0 Å². The van der Waals surface area contributed by atoms with E-state index in [-0.39, 0.29) is 6.61 Å². The lowest BCUT2D eigenvalue weighted by atomic mass is 9.94. The molecule has 5 heteroatoms. The van der Waals surface area contributed by atoms with Gasteiger partial charge in [0.2, 0.25) is 5.79 Å². The molecule has 2 aliphatic rings. The molecule has 1 aliphatic carbocycles. The molecule has 5 nitrogen and oxygen atoms in total. The van der Waals surface area contributed by atoms with Crippen LogP contribution >= 0.6 is 0 Å². The fraction of sp³-hybridized carbons (Fsp3) is 1.00. The molecule has 2 fully saturated rings. The summed E-state index contributed by atoms with van der Waals surface area (Å²) < 4.78 is 5.58. The quantitative estimate of drug-likeness (QED) is 0.521. The van der Waals surface area contributed by atoms with Gasteiger partial charge in [-0.05, 0) is 19.8 Å². The van der Waals surface area contributed by atoms with Crippen LogP contribution in [0.15, 0.2) is 0 Å². The van der Waals surface area contributed by atoms with E-state index in [9.17, 15) is 0 Å². The molecule has 0 radical (unpaired) electrons. The van der Waals surface area contributed by atoms with Gasteiger partial charge in [-0.25, -0.2) is 5.26 Å². The van der Waals surface area contributed by atoms with Crippen molar-refractivity contribution in [1.29, 1.82) is 0 Å². The highest BCUT2D eigenvalue weighted by molar-refractivity contribution is 4.77. The third-order valence-electron chi connectivity index (χ3n) is 2.78. The predicted molar refractivity (Wildman–Crippen MR) is 46.1 cm³/mol. The van der Waals surface area contributed by atoms with Crippen LogP contribution in [0, 0.1) is 0 Å². The summed E-state index contributed by atoms with van der Waals surface area (Å²) in [4.78, 5) is 14.4. The number of hydrogen-bond donors (Lipinski definition) is 1. The van der Waals surface area contributed by atoms with E-state index in [2.05, 4.69) is 4.89 Å². The van der Waals surface area contributed by atoms with Crippen LogP contribution in [-0.2, 0) is 19.4 Å². The first-order chi connectivity index (χ1) is 6.68. The molecule has 14 heavy (non-hydrogen) atoms. The van der Waals surface area contributed by atoms with E-state index in [1.165, 1.54) is 6.42 Å². The van der Waals surface area contributed by atoms with Crippen molar-refractivity contribution >= 4 is 0 Å². The highest BCUT2D eigenvalue weighted by Gasteiger charge is 2.46. The first-order valence-corrected chi connectivity index (χ1v) is 5.02. The SMILES string of the molecule is CC1(OO)COC2(CCCCC2)OO1. The monoisotopic (exact) mass is 204 g/mol. The van der Waals surface area contributed by atoms with Crippen molar-refractivity contribution in [2.75, 3.05) is 6.61 Å². The van der Waals surface area contributed by atoms with Crippen LogP contribution in [0.5, 0.6) is 0 Å². The Kier molecular flexibility index (Phi) is 2.77. The van der Waals surface area contributed by atoms with Gasteiger partial charge in [-0.1, -0.05) is 6.42 Å². The lowest BCUT2D eigenvalue weighted by Crippen LogP contribution is -2.52. The summed E-state index contributed by atoms with van der Waals surface area (Å²) in [7, 11) is 0. The molecular weight excluding hydrogens is 188 g/mol. The highest BCUT2D eigenvalue weighted by Crippen LogP contribution is 2.38. The maximum absolute atomic E-state index is 8.55. The van der Waals surface area contributed by atoms with Gasteiger partial charge in [-0.3, -0.25) is 0 Å². The predicted octanol–water partition coefficient (Wildman–Crippen LogP) is 1.83. The average Bonchev–Trinajstić information content (AvgIpc) is 2.25. The van der Waals surface area contributed by atoms with Crippen molar-refractivity contribution < 1.29 is 24.7 Å². The summed E-state index contributed by atoms with van der Waals surface area (Å²) in [6, 6.07) is 0. The standard InChI is InChI=1S/C9H16O5/c1-8(12-10)7-11-9(14-13-8)5-3-2-4-6-9/h10H,2-7H2,1H3. The molecule has 1 heterocycles. The van der Waals surface area contributed by atoms with E-state index in [0.717, 1.165) is 25.7 Å². The van der Waals surface area contributed by atoms with Gasteiger partial charge in [0.25, 0.3) is 5.79 Å². The summed E-state index contributed by atoms with van der Waals surface area (Å²) in [5.74, 6) is -1.79. The molecule has 0 amide bonds. The second kappa shape index (κ2) is 3.75. The largest absolute Gasteiger partial charge is 0.341 e. The Morgan fingerprint density at radius 2 is 1.86 bits per heavy atom. The number of hydrogen-bond acceptors (Lipinski definition) is 5. The van der Waals surface area contributed by atoms with E-state index in [4.69, 9.17) is 19.8 Å². The van der Waals surface area contributed by atoms with Gasteiger partial charge in [0.05, 0.1) is 0 Å². The molecule has 0 aromatic rings. The van der Waals surface area contributed by atoms with Crippen molar-refractivity contribution in [2.45, 2.75) is 50.6 Å². The van der Waals surface area contributed by atoms with Crippen LogP contribution in [-0.4, -0.2) is 23.4 Å². The van der Waals surface area contributed by atoms with E-state index in [1.807, 2.05) is 0 Å². The second-order valence-electron chi connectivity index (χ2n) is 4.15. The molecule has 82 valence electrons. The Balaban J connectivity index is 1.93. The molecule has 1 spiro atoms. The van der Waals surface area contributed by atoms with Crippen molar-refractivity contribution in [3.05, 3.63) is 0 Å². The minimum absolute atomic E-state index is 0.184. The molecule has 1 saturated carbocycles. The molecule has 1 atom stereocenters. The summed E-state index contributed by atoms with van der Waals surface area (Å²) in [6.07, 6.45) is 5.06. The van der Waals surface area contributed by atoms with Gasteiger partial charge in [0.1, 0.15) is 6.61 Å². The fourth-order valence-electron chi connectivity index (χ4n) is 1.83. The van der Waals surface area contributed by atoms with Crippen molar-refractivity contribution in [3.63, 3.8) is 0 Å². The zero-order valence-electron chi connectivity index (χ0n) is 8.32. The first kappa shape index (κ1) is 10.3. The summed E-state index contributed by atoms with van der Waals surface area (Å²) >= 11 is 0. The van der Waals surface area contributed by atoms with Crippen LogP contribution < -0.4 is 0 Å². The van der Waals surface area contributed by atoms with Gasteiger partial charge in [0, 0.05) is 12.8 Å². The Hall–Kier alpha value is -0.200. The smallest absolute Gasteiger partial charge is 0.254 e. The molecule has 0 aromatic heterocycles. The minimum Gasteiger partial charge on any atom is -0.341 e. The Morgan fingerprint density at radius 1 is 1.14 bits per heavy atom. The van der Waals surface area contributed by atoms with E-state index >= 15 is 0 Å². The van der Waals surface area contributed by atoms with E-state index < -0.39 is 11.6 Å². The van der Waals surface area contributed by atoms with Crippen molar-refractivity contribution in [1.82, 2.24) is 0 Å². The van der Waals surface area contributed by atoms with Gasteiger partial charge in [0.15, 0.2) is 0 Å². The molecule has 0 bridgehead atoms. The normalized spacial score (nSPS) is 37.3. The zero-order chi connectivity index (χ0) is 10.1. The Morgan fingerprint density at radius 3 is 2.36 bits per heavy atom. The Bertz CT molecular complexity index is 189. The highest BCUT2D eigenvalue weighted by atomic mass is 17.3. The first-order valence-electron chi connectivity index (χ1n) is 5.02. The summed E-state index contributed by atoms with van der Waals surface area (Å²) in [5.41, 5.74) is 0. The maximum atomic E-state index is 8.55. The van der Waals surface area contributed by atoms with Gasteiger partial charge in [-0.2, -0.15) is 14.7 Å². The number of ether oxygens (including phenoxy) is 1. The molecule has 1 saturated heterocycles. The second-order valence-corrected chi connectivity index (χ2v) is 4.15. The molecule has 1 aliphatic heterocycles. The van der Waals surface area contributed by atoms with Crippen molar-refractivity contribution in [2.24, 2.45) is 0 Å². The zero-order valence-corrected chi connectivity index (χ0v) is 8.32. The molecule has 2 rings (SSSR count). The van der Waals surface area contributed by atoms with Crippen LogP contribution in [0.2, 0.25) is 0 Å². The van der Waals surface area contributed by atoms with Gasteiger partial charge < -0.3 is 4.74 Å². The van der Waals surface area contributed by atoms with Crippen LogP contribution in [0.4, 0.5) is 0 Å². The summed E-state index contributed by atoms with van der Waals surface area (Å²) in [6.45, 7) is 1.74. The van der Waals surface area contributed by atoms with Crippen LogP contribution in [0.25, 0.3) is 0 Å². The van der Waals surface area contributed by atoms with E-state index in [0.29, 0.717) is 0 Å². The van der Waals surface area contributed by atoms with Crippen molar-refractivity contribution in [3.8, 4) is 0 Å². The van der Waals surface area contributed by atoms with Gasteiger partial charge in [-0.15, -0.1) is 0 Å². The Labute approximate surface area is 82.8 Å². The fourth-order valence-corrected chi connectivity index (χ4v) is 1.83. The lowest BCUT2D eigenvalue weighted by molar-refractivity contribution is -0.586. The molecular formula is C9H16O5. The number of rotatable bonds is 1. The molecule has 0 aromatic carbocycles. The average molecular weight is 204 g/mol. The summed E-state index contributed by atoms with van der Waals surface area (Å²) in [5, 5.41) is 8.55. The van der Waals surface area contributed by atoms with Gasteiger partial charge >= 0.3 is 0 Å². The molecule has 1 N–H and O–H groups in total. The van der Waals surface area contributed by atoms with E-state index in [1.54, 1.807) is 6.92 Å². The molecule has 1 unspecified atom stereocenters. The third-order valence-corrected chi connectivity index (χ3v) is 2.78. The third kappa shape index (κ3) is 1.92. The topological polar surface area (TPSA) is 57.2 Å². The van der Waals surface area contributed by atoms with Crippen LogP contribution in [0.3, 0.4) is 0 Å².